The SMILES string of the molecule is C[C-](C)C.C[C-](C)C.O=C(O)c1ccccc1O.[Zr+2]. The van der Waals surface area contributed by atoms with Crippen LogP contribution in [-0.4, -0.2) is 16.2 Å². The molecule has 0 saturated heterocycles. The molecular formula is C15H24O3Zr. The molecule has 1 rings (SSSR count). The Bertz CT molecular complexity index is 324. The predicted octanol–water partition coefficient (Wildman–Crippen LogP) is 4.33. The minimum absolute atomic E-state index is 0. The Labute approximate surface area is 136 Å². The summed E-state index contributed by atoms with van der Waals surface area (Å²) >= 11 is 0. The molecule has 19 heavy (non-hydrogen) atoms. The van der Waals surface area contributed by atoms with E-state index in [0.717, 1.165) is 0 Å². The van der Waals surface area contributed by atoms with Gasteiger partial charge in [0.2, 0.25) is 0 Å². The van der Waals surface area contributed by atoms with Gasteiger partial charge in [0.05, 0.1) is 0 Å². The van der Waals surface area contributed by atoms with Gasteiger partial charge in [0.1, 0.15) is 11.3 Å². The van der Waals surface area contributed by atoms with Crippen molar-refractivity contribution in [1.82, 2.24) is 0 Å². The van der Waals surface area contributed by atoms with E-state index in [1.54, 1.807) is 12.1 Å². The summed E-state index contributed by atoms with van der Waals surface area (Å²) in [6.45, 7) is 12.5. The van der Waals surface area contributed by atoms with Crippen LogP contribution in [0.3, 0.4) is 0 Å². The first-order valence-corrected chi connectivity index (χ1v) is 5.73. The summed E-state index contributed by atoms with van der Waals surface area (Å²) < 4.78 is 0. The Kier molecular flexibility index (Phi) is 17.0. The molecule has 0 atom stereocenters. The normalized spacial score (nSPS) is 8.63. The Balaban J connectivity index is -0.000000242. The van der Waals surface area contributed by atoms with Gasteiger partial charge in [0, 0.05) is 0 Å². The molecule has 3 nitrogen and oxygen atoms in total. The Morgan fingerprint density at radius 2 is 1.26 bits per heavy atom. The van der Waals surface area contributed by atoms with Crippen LogP contribution in [0, 0.1) is 11.8 Å². The van der Waals surface area contributed by atoms with Crippen LogP contribution in [0.4, 0.5) is 0 Å². The van der Waals surface area contributed by atoms with Crippen molar-refractivity contribution in [3.8, 4) is 5.75 Å². The number of aromatic hydroxyl groups is 1. The van der Waals surface area contributed by atoms with Crippen molar-refractivity contribution in [2.45, 2.75) is 41.5 Å². The largest absolute Gasteiger partial charge is 2.00 e. The van der Waals surface area contributed by atoms with Crippen molar-refractivity contribution < 1.29 is 41.2 Å². The summed E-state index contributed by atoms with van der Waals surface area (Å²) in [5.74, 6) is 1.52. The number of phenols is 1. The third-order valence-electron chi connectivity index (χ3n) is 1.13. The van der Waals surface area contributed by atoms with Gasteiger partial charge in [-0.15, -0.1) is 0 Å². The smallest absolute Gasteiger partial charge is 0.507 e. The van der Waals surface area contributed by atoms with E-state index >= 15 is 0 Å². The molecule has 0 spiro atoms. The molecule has 0 saturated carbocycles. The van der Waals surface area contributed by atoms with Crippen LogP contribution < -0.4 is 0 Å². The molecule has 0 aliphatic rings. The number of hydrogen-bond acceptors (Lipinski definition) is 2. The zero-order valence-electron chi connectivity index (χ0n) is 12.6. The second-order valence-electron chi connectivity index (χ2n) is 4.82. The Hall–Kier alpha value is -0.627. The van der Waals surface area contributed by atoms with Gasteiger partial charge >= 0.3 is 32.2 Å². The first-order valence-electron chi connectivity index (χ1n) is 5.73. The van der Waals surface area contributed by atoms with Gasteiger partial charge in [-0.25, -0.2) is 4.79 Å². The number of rotatable bonds is 1. The van der Waals surface area contributed by atoms with Crippen LogP contribution in [0.25, 0.3) is 0 Å². The molecule has 0 aromatic heterocycles. The van der Waals surface area contributed by atoms with Crippen LogP contribution in [0.15, 0.2) is 24.3 Å². The summed E-state index contributed by atoms with van der Waals surface area (Å²) in [7, 11) is 0. The number of hydrogen-bond donors (Lipinski definition) is 2. The number of benzene rings is 1. The zero-order chi connectivity index (χ0) is 14.7. The Morgan fingerprint density at radius 3 is 1.47 bits per heavy atom. The van der Waals surface area contributed by atoms with Crippen molar-refractivity contribution in [3.63, 3.8) is 0 Å². The monoisotopic (exact) mass is 342 g/mol. The van der Waals surface area contributed by atoms with Crippen molar-refractivity contribution in [2.75, 3.05) is 0 Å². The van der Waals surface area contributed by atoms with E-state index in [9.17, 15) is 4.79 Å². The minimum atomic E-state index is -1.11. The fourth-order valence-corrected chi connectivity index (χ4v) is 0.654. The third kappa shape index (κ3) is 19.9. The quantitative estimate of drug-likeness (QED) is 0.746. The van der Waals surface area contributed by atoms with E-state index in [4.69, 9.17) is 10.2 Å². The van der Waals surface area contributed by atoms with Gasteiger partial charge in [0.15, 0.2) is 0 Å². The average molecular weight is 344 g/mol. The summed E-state index contributed by atoms with van der Waals surface area (Å²) in [6.07, 6.45) is 0. The van der Waals surface area contributed by atoms with Crippen molar-refractivity contribution in [1.29, 1.82) is 0 Å². The molecule has 0 amide bonds. The summed E-state index contributed by atoms with van der Waals surface area (Å²) in [6, 6.07) is 5.81. The van der Waals surface area contributed by atoms with Crippen LogP contribution in [0.5, 0.6) is 5.75 Å². The fraction of sp³-hybridized carbons (Fsp3) is 0.400. The number of para-hydroxylation sites is 1. The summed E-state index contributed by atoms with van der Waals surface area (Å²) in [5, 5.41) is 17.3. The Morgan fingerprint density at radius 1 is 0.947 bits per heavy atom. The molecular weight excluding hydrogens is 319 g/mol. The van der Waals surface area contributed by atoms with E-state index < -0.39 is 5.97 Å². The van der Waals surface area contributed by atoms with Gasteiger partial charge in [-0.3, -0.25) is 0 Å². The third-order valence-corrected chi connectivity index (χ3v) is 1.13. The van der Waals surface area contributed by atoms with E-state index in [1.807, 2.05) is 0 Å². The molecule has 0 aliphatic heterocycles. The number of aromatic carboxylic acids is 1. The number of carboxylic acids is 1. The first-order chi connectivity index (χ1) is 8.18. The van der Waals surface area contributed by atoms with Crippen LogP contribution >= 0.6 is 0 Å². The van der Waals surface area contributed by atoms with E-state index in [2.05, 4.69) is 41.5 Å². The summed E-state index contributed by atoms with van der Waals surface area (Å²) in [4.78, 5) is 10.3. The predicted molar refractivity (Wildman–Crippen MR) is 75.6 cm³/mol. The van der Waals surface area contributed by atoms with Crippen molar-refractivity contribution in [3.05, 3.63) is 41.7 Å². The maximum absolute atomic E-state index is 10.3. The molecule has 106 valence electrons. The molecule has 1 aromatic rings. The molecule has 0 aliphatic carbocycles. The standard InChI is InChI=1S/C7H6O3.2C4H9.Zr/c8-6-4-2-1-3-5(6)7(9)10;2*1-4(2)3;/h1-4,8H,(H,9,10);2*1-3H3;/q;2*-1;+2. The van der Waals surface area contributed by atoms with Gasteiger partial charge in [-0.1, -0.05) is 12.1 Å². The van der Waals surface area contributed by atoms with Gasteiger partial charge in [-0.2, -0.15) is 41.5 Å². The maximum atomic E-state index is 10.3. The van der Waals surface area contributed by atoms with Crippen LogP contribution in [-0.2, 0) is 26.2 Å². The fourth-order valence-electron chi connectivity index (χ4n) is 0.654. The molecule has 0 bridgehead atoms. The second kappa shape index (κ2) is 13.8. The van der Waals surface area contributed by atoms with Crippen molar-refractivity contribution >= 4 is 5.97 Å². The molecule has 0 heterocycles. The minimum Gasteiger partial charge on any atom is -0.507 e. The van der Waals surface area contributed by atoms with E-state index in [0.29, 0.717) is 0 Å². The molecule has 1 aromatic carbocycles. The van der Waals surface area contributed by atoms with Crippen LogP contribution in [0.2, 0.25) is 0 Å². The molecule has 0 fully saturated rings. The second-order valence-corrected chi connectivity index (χ2v) is 4.82. The van der Waals surface area contributed by atoms with E-state index in [1.165, 1.54) is 24.0 Å². The number of carbonyl (C=O) groups is 1. The van der Waals surface area contributed by atoms with Gasteiger partial charge in [-0.05, 0) is 12.1 Å². The maximum Gasteiger partial charge on any atom is 2.00 e. The summed E-state index contributed by atoms with van der Waals surface area (Å²) in [5.41, 5.74) is -0.0671. The first kappa shape index (κ1) is 23.5. The molecule has 0 unspecified atom stereocenters. The van der Waals surface area contributed by atoms with E-state index in [-0.39, 0.29) is 37.5 Å². The van der Waals surface area contributed by atoms with Gasteiger partial charge < -0.3 is 22.0 Å². The van der Waals surface area contributed by atoms with Gasteiger partial charge in [0.25, 0.3) is 0 Å². The van der Waals surface area contributed by atoms with Crippen molar-refractivity contribution in [2.24, 2.45) is 0 Å². The molecule has 0 radical (unpaired) electrons. The zero-order valence-corrected chi connectivity index (χ0v) is 15.1. The number of carboxylic acid groups (broad SMARTS) is 1. The topological polar surface area (TPSA) is 57.5 Å². The van der Waals surface area contributed by atoms with Crippen LogP contribution in [0.1, 0.15) is 51.9 Å². The average Bonchev–Trinajstić information content (AvgIpc) is 2.15. The molecule has 4 heteroatoms. The molecule has 2 N–H and O–H groups in total.